The monoisotopic (exact) mass is 257 g/mol. The molecule has 0 bridgehead atoms. The van der Waals surface area contributed by atoms with Gasteiger partial charge in [-0.2, -0.15) is 0 Å². The highest BCUT2D eigenvalue weighted by molar-refractivity contribution is 5.95. The highest BCUT2D eigenvalue weighted by Gasteiger charge is 2.21. The molecule has 1 aliphatic rings. The highest BCUT2D eigenvalue weighted by Crippen LogP contribution is 2.33. The molecule has 1 saturated carbocycles. The molecule has 0 saturated heterocycles. The first kappa shape index (κ1) is 11.9. The molecule has 5 nitrogen and oxygen atoms in total. The van der Waals surface area contributed by atoms with Gasteiger partial charge < -0.3 is 5.32 Å². The van der Waals surface area contributed by atoms with Crippen molar-refractivity contribution >= 4 is 22.3 Å². The summed E-state index contributed by atoms with van der Waals surface area (Å²) in [6.07, 6.45) is 5.03. The summed E-state index contributed by atoms with van der Waals surface area (Å²) in [4.78, 5) is 14.9. The van der Waals surface area contributed by atoms with Gasteiger partial charge in [-0.3, -0.25) is 10.1 Å². The number of hydrogen-bond acceptors (Lipinski definition) is 4. The van der Waals surface area contributed by atoms with Gasteiger partial charge in [0.25, 0.3) is 0 Å². The Hall–Kier alpha value is -2.17. The molecule has 1 N–H and O–H groups in total. The van der Waals surface area contributed by atoms with Crippen LogP contribution in [0.4, 0.5) is 11.4 Å². The molecule has 0 unspecified atom stereocenters. The van der Waals surface area contributed by atoms with Gasteiger partial charge in [-0.1, -0.05) is 24.6 Å². The molecule has 98 valence electrons. The first-order chi connectivity index (χ1) is 9.25. The molecular weight excluding hydrogens is 242 g/mol. The minimum atomic E-state index is -0.372. The van der Waals surface area contributed by atoms with Crippen molar-refractivity contribution in [2.75, 3.05) is 11.9 Å². The van der Waals surface area contributed by atoms with E-state index in [1.54, 1.807) is 0 Å². The van der Waals surface area contributed by atoms with Crippen molar-refractivity contribution in [3.8, 4) is 0 Å². The summed E-state index contributed by atoms with van der Waals surface area (Å²) in [7, 11) is 0. The van der Waals surface area contributed by atoms with Crippen LogP contribution in [0.15, 0.2) is 30.5 Å². The second kappa shape index (κ2) is 4.84. The van der Waals surface area contributed by atoms with Gasteiger partial charge in [0.05, 0.1) is 10.4 Å². The SMILES string of the molecule is O=[N+]([O-])c1cnc2ccccc2c1NCC1CCC1. The van der Waals surface area contributed by atoms with Crippen LogP contribution in [0.3, 0.4) is 0 Å². The van der Waals surface area contributed by atoms with Crippen LogP contribution in [-0.4, -0.2) is 16.5 Å². The van der Waals surface area contributed by atoms with E-state index < -0.39 is 0 Å². The number of nitrogens with one attached hydrogen (secondary N) is 1. The Morgan fingerprint density at radius 2 is 2.16 bits per heavy atom. The zero-order valence-corrected chi connectivity index (χ0v) is 10.5. The third-order valence-electron chi connectivity index (χ3n) is 3.74. The standard InChI is InChI=1S/C14H15N3O2/c18-17(19)13-9-15-12-7-2-1-6-11(12)14(13)16-8-10-4-3-5-10/h1-2,6-7,9-10H,3-5,8H2,(H,15,16). The molecule has 1 heterocycles. The van der Waals surface area contributed by atoms with Gasteiger partial charge in [0.15, 0.2) is 0 Å². The Balaban J connectivity index is 2.00. The molecule has 1 aliphatic carbocycles. The van der Waals surface area contributed by atoms with Crippen LogP contribution in [0.5, 0.6) is 0 Å². The highest BCUT2D eigenvalue weighted by atomic mass is 16.6. The summed E-state index contributed by atoms with van der Waals surface area (Å²) in [5, 5.41) is 15.2. The molecular formula is C14H15N3O2. The maximum absolute atomic E-state index is 11.1. The Morgan fingerprint density at radius 1 is 1.37 bits per heavy atom. The number of fused-ring (bicyclic) bond motifs is 1. The lowest BCUT2D eigenvalue weighted by Crippen LogP contribution is -2.21. The smallest absolute Gasteiger partial charge is 0.311 e. The third-order valence-corrected chi connectivity index (χ3v) is 3.74. The summed E-state index contributed by atoms with van der Waals surface area (Å²) in [5.74, 6) is 0.645. The van der Waals surface area contributed by atoms with Crippen molar-refractivity contribution in [1.82, 2.24) is 4.98 Å². The molecule has 0 spiro atoms. The van der Waals surface area contributed by atoms with E-state index in [4.69, 9.17) is 0 Å². The zero-order chi connectivity index (χ0) is 13.2. The van der Waals surface area contributed by atoms with Gasteiger partial charge in [0.1, 0.15) is 11.9 Å². The van der Waals surface area contributed by atoms with Crippen LogP contribution >= 0.6 is 0 Å². The second-order valence-electron chi connectivity index (χ2n) is 4.97. The lowest BCUT2D eigenvalue weighted by molar-refractivity contribution is -0.384. The van der Waals surface area contributed by atoms with E-state index in [9.17, 15) is 10.1 Å². The number of para-hydroxylation sites is 1. The van der Waals surface area contributed by atoms with Gasteiger partial charge >= 0.3 is 5.69 Å². The van der Waals surface area contributed by atoms with Crippen LogP contribution in [0, 0.1) is 16.0 Å². The average molecular weight is 257 g/mol. The zero-order valence-electron chi connectivity index (χ0n) is 10.5. The Bertz CT molecular complexity index is 623. The lowest BCUT2D eigenvalue weighted by atomic mass is 9.85. The normalized spacial score (nSPS) is 15.2. The summed E-state index contributed by atoms with van der Waals surface area (Å²) < 4.78 is 0. The van der Waals surface area contributed by atoms with Crippen LogP contribution in [-0.2, 0) is 0 Å². The fourth-order valence-corrected chi connectivity index (χ4v) is 2.40. The summed E-state index contributed by atoms with van der Waals surface area (Å²) in [6.45, 7) is 0.800. The molecule has 0 amide bonds. The average Bonchev–Trinajstić information content (AvgIpc) is 2.36. The first-order valence-corrected chi connectivity index (χ1v) is 6.51. The van der Waals surface area contributed by atoms with E-state index in [0.29, 0.717) is 11.6 Å². The number of hydrogen-bond donors (Lipinski definition) is 1. The van der Waals surface area contributed by atoms with E-state index in [1.165, 1.54) is 25.5 Å². The maximum Gasteiger partial charge on any atom is 0.311 e. The fourth-order valence-electron chi connectivity index (χ4n) is 2.40. The molecule has 1 fully saturated rings. The number of aromatic nitrogens is 1. The van der Waals surface area contributed by atoms with Crippen molar-refractivity contribution in [3.63, 3.8) is 0 Å². The minimum Gasteiger partial charge on any atom is -0.379 e. The predicted molar refractivity (Wildman–Crippen MR) is 74.2 cm³/mol. The third kappa shape index (κ3) is 2.23. The van der Waals surface area contributed by atoms with Crippen LogP contribution in [0.1, 0.15) is 19.3 Å². The van der Waals surface area contributed by atoms with E-state index in [0.717, 1.165) is 17.4 Å². The summed E-state index contributed by atoms with van der Waals surface area (Å²) in [5.41, 5.74) is 1.43. The van der Waals surface area contributed by atoms with E-state index >= 15 is 0 Å². The molecule has 1 aromatic carbocycles. The van der Waals surface area contributed by atoms with Crippen molar-refractivity contribution in [2.45, 2.75) is 19.3 Å². The predicted octanol–water partition coefficient (Wildman–Crippen LogP) is 3.36. The van der Waals surface area contributed by atoms with Gasteiger partial charge in [0, 0.05) is 11.9 Å². The molecule has 3 rings (SSSR count). The molecule has 0 aliphatic heterocycles. The number of pyridine rings is 1. The van der Waals surface area contributed by atoms with Crippen molar-refractivity contribution in [2.24, 2.45) is 5.92 Å². The van der Waals surface area contributed by atoms with Crippen molar-refractivity contribution < 1.29 is 4.92 Å². The number of nitrogens with zero attached hydrogens (tertiary/aromatic N) is 2. The van der Waals surface area contributed by atoms with Crippen LogP contribution in [0.2, 0.25) is 0 Å². The van der Waals surface area contributed by atoms with Gasteiger partial charge in [-0.25, -0.2) is 4.98 Å². The summed E-state index contributed by atoms with van der Waals surface area (Å²) >= 11 is 0. The molecule has 0 atom stereocenters. The molecule has 5 heteroatoms. The molecule has 19 heavy (non-hydrogen) atoms. The Labute approximate surface area is 110 Å². The molecule has 2 aromatic rings. The lowest BCUT2D eigenvalue weighted by Gasteiger charge is -2.26. The van der Waals surface area contributed by atoms with E-state index in [2.05, 4.69) is 10.3 Å². The largest absolute Gasteiger partial charge is 0.379 e. The number of benzene rings is 1. The van der Waals surface area contributed by atoms with Gasteiger partial charge in [-0.15, -0.1) is 0 Å². The van der Waals surface area contributed by atoms with E-state index in [-0.39, 0.29) is 10.6 Å². The van der Waals surface area contributed by atoms with Gasteiger partial charge in [-0.05, 0) is 24.8 Å². The fraction of sp³-hybridized carbons (Fsp3) is 0.357. The number of nitro groups is 1. The Morgan fingerprint density at radius 3 is 2.84 bits per heavy atom. The topological polar surface area (TPSA) is 68.1 Å². The van der Waals surface area contributed by atoms with Gasteiger partial charge in [0.2, 0.25) is 0 Å². The Kier molecular flexibility index (Phi) is 3.03. The molecule has 0 radical (unpaired) electrons. The second-order valence-corrected chi connectivity index (χ2v) is 4.97. The maximum atomic E-state index is 11.1. The number of rotatable bonds is 4. The van der Waals surface area contributed by atoms with Crippen molar-refractivity contribution in [3.05, 3.63) is 40.6 Å². The number of anilines is 1. The quantitative estimate of drug-likeness (QED) is 0.673. The minimum absolute atomic E-state index is 0.0537. The van der Waals surface area contributed by atoms with E-state index in [1.807, 2.05) is 24.3 Å². The van der Waals surface area contributed by atoms with Crippen LogP contribution in [0.25, 0.3) is 10.9 Å². The molecule has 1 aromatic heterocycles. The first-order valence-electron chi connectivity index (χ1n) is 6.51. The van der Waals surface area contributed by atoms with Crippen LogP contribution < -0.4 is 5.32 Å². The van der Waals surface area contributed by atoms with Crippen molar-refractivity contribution in [1.29, 1.82) is 0 Å². The summed E-state index contributed by atoms with van der Waals surface area (Å²) in [6, 6.07) is 7.51.